The molecule has 1 aliphatic heterocycles. The average Bonchev–Trinajstić information content (AvgIpc) is 2.85. The van der Waals surface area contributed by atoms with Gasteiger partial charge in [-0.25, -0.2) is 4.98 Å². The van der Waals surface area contributed by atoms with E-state index in [1.54, 1.807) is 48.5 Å². The molecule has 0 unspecified atom stereocenters. The molecule has 1 N–H and O–H groups in total. The summed E-state index contributed by atoms with van der Waals surface area (Å²) in [6.45, 7) is 2.69. The zero-order valence-corrected chi connectivity index (χ0v) is 18.3. The molecule has 0 spiro atoms. The van der Waals surface area contributed by atoms with E-state index < -0.39 is 5.91 Å². The number of nitrogens with zero attached hydrogens (tertiary/aromatic N) is 2. The molecule has 0 aliphatic carbocycles. The molecule has 166 valence electrons. The van der Waals surface area contributed by atoms with Crippen LogP contribution in [0.4, 0.5) is 11.5 Å². The van der Waals surface area contributed by atoms with Crippen molar-refractivity contribution in [2.75, 3.05) is 36.5 Å². The highest BCUT2D eigenvalue weighted by atomic mass is 35.5. The Balaban J connectivity index is 1.50. The molecule has 1 saturated heterocycles. The number of carbonyl (C=O) groups is 1. The van der Waals surface area contributed by atoms with E-state index in [1.165, 1.54) is 6.07 Å². The van der Waals surface area contributed by atoms with Crippen LogP contribution in [-0.2, 0) is 4.74 Å². The number of rotatable bonds is 4. The van der Waals surface area contributed by atoms with Crippen LogP contribution in [-0.4, -0.2) is 37.2 Å². The minimum Gasteiger partial charge on any atom is -0.454 e. The van der Waals surface area contributed by atoms with Gasteiger partial charge in [0.1, 0.15) is 17.3 Å². The van der Waals surface area contributed by atoms with E-state index in [9.17, 15) is 9.59 Å². The zero-order valence-electron chi connectivity index (χ0n) is 17.6. The number of anilines is 2. The Morgan fingerprint density at radius 3 is 2.61 bits per heavy atom. The number of benzene rings is 2. The Hall–Kier alpha value is -3.68. The monoisotopic (exact) mass is 461 g/mol. The molecule has 8 heteroatoms. The maximum absolute atomic E-state index is 13.0. The van der Waals surface area contributed by atoms with Crippen molar-refractivity contribution in [3.05, 3.63) is 87.7 Å². The molecule has 1 amide bonds. The van der Waals surface area contributed by atoms with Gasteiger partial charge in [0, 0.05) is 24.7 Å². The van der Waals surface area contributed by atoms with Gasteiger partial charge < -0.3 is 19.4 Å². The lowest BCUT2D eigenvalue weighted by Gasteiger charge is -2.27. The van der Waals surface area contributed by atoms with Crippen LogP contribution in [0.3, 0.4) is 0 Å². The molecule has 0 saturated carbocycles. The number of fused-ring (bicyclic) bond motifs is 1. The molecular weight excluding hydrogens is 442 g/mol. The van der Waals surface area contributed by atoms with Gasteiger partial charge in [0.15, 0.2) is 11.0 Å². The van der Waals surface area contributed by atoms with E-state index in [0.29, 0.717) is 40.6 Å². The number of halogens is 1. The summed E-state index contributed by atoms with van der Waals surface area (Å²) in [4.78, 5) is 32.4. The minimum atomic E-state index is -0.400. The van der Waals surface area contributed by atoms with Crippen LogP contribution in [0, 0.1) is 0 Å². The topological polar surface area (TPSA) is 84.7 Å². The number of hydrogen-bond donors (Lipinski definition) is 1. The maximum Gasteiger partial charge on any atom is 0.274 e. The van der Waals surface area contributed by atoms with Crippen LogP contribution in [0.2, 0.25) is 5.02 Å². The third-order valence-electron chi connectivity index (χ3n) is 5.44. The Kier molecular flexibility index (Phi) is 5.81. The Labute approximate surface area is 194 Å². The largest absolute Gasteiger partial charge is 0.454 e. The molecule has 1 fully saturated rings. The van der Waals surface area contributed by atoms with E-state index in [4.69, 9.17) is 20.8 Å². The van der Waals surface area contributed by atoms with E-state index >= 15 is 0 Å². The molecule has 7 nitrogen and oxygen atoms in total. The summed E-state index contributed by atoms with van der Waals surface area (Å²) in [7, 11) is 0. The van der Waals surface area contributed by atoms with E-state index in [1.807, 2.05) is 12.1 Å². The third-order valence-corrected chi connectivity index (χ3v) is 5.77. The van der Waals surface area contributed by atoms with Crippen molar-refractivity contribution in [1.29, 1.82) is 0 Å². The number of pyridine rings is 1. The van der Waals surface area contributed by atoms with Crippen LogP contribution < -0.4 is 15.6 Å². The summed E-state index contributed by atoms with van der Waals surface area (Å²) >= 11 is 6.29. The van der Waals surface area contributed by atoms with Crippen molar-refractivity contribution in [3.8, 4) is 11.3 Å². The van der Waals surface area contributed by atoms with Crippen LogP contribution in [0.25, 0.3) is 22.3 Å². The fraction of sp³-hybridized carbons (Fsp3) is 0.160. The number of morpholine rings is 1. The Morgan fingerprint density at radius 1 is 1.00 bits per heavy atom. The fourth-order valence-electron chi connectivity index (χ4n) is 3.77. The average molecular weight is 462 g/mol. The lowest BCUT2D eigenvalue weighted by atomic mass is 10.1. The van der Waals surface area contributed by atoms with Crippen molar-refractivity contribution >= 4 is 40.0 Å². The molecule has 5 rings (SSSR count). The van der Waals surface area contributed by atoms with Crippen LogP contribution in [0.15, 0.2) is 75.9 Å². The fourth-order valence-corrected chi connectivity index (χ4v) is 4.00. The van der Waals surface area contributed by atoms with E-state index in [2.05, 4.69) is 15.2 Å². The van der Waals surface area contributed by atoms with Gasteiger partial charge in [-0.15, -0.1) is 0 Å². The lowest BCUT2D eigenvalue weighted by Crippen LogP contribution is -2.37. The van der Waals surface area contributed by atoms with Crippen molar-refractivity contribution in [3.63, 3.8) is 0 Å². The van der Waals surface area contributed by atoms with Gasteiger partial charge in [0.2, 0.25) is 0 Å². The first-order valence-electron chi connectivity index (χ1n) is 10.5. The highest BCUT2D eigenvalue weighted by Crippen LogP contribution is 2.31. The standard InChI is InChI=1S/C25H20ClN3O4/c26-18-7-2-1-5-16(18)22-15-21(30)17-6-3-8-19(24(17)33-22)28-25(31)20-9-4-10-23(27-20)29-11-13-32-14-12-29/h1-10,15H,11-14H2,(H,28,31). The summed E-state index contributed by atoms with van der Waals surface area (Å²) < 4.78 is 11.4. The molecule has 0 radical (unpaired) electrons. The van der Waals surface area contributed by atoms with Gasteiger partial charge in [-0.3, -0.25) is 9.59 Å². The second kappa shape index (κ2) is 9.05. The van der Waals surface area contributed by atoms with Gasteiger partial charge in [-0.1, -0.05) is 35.9 Å². The first-order chi connectivity index (χ1) is 16.1. The molecule has 33 heavy (non-hydrogen) atoms. The quantitative estimate of drug-likeness (QED) is 0.478. The van der Waals surface area contributed by atoms with Gasteiger partial charge in [-0.05, 0) is 36.4 Å². The van der Waals surface area contributed by atoms with Crippen molar-refractivity contribution < 1.29 is 13.9 Å². The second-order valence-electron chi connectivity index (χ2n) is 7.57. The molecule has 2 aromatic heterocycles. The van der Waals surface area contributed by atoms with Crippen LogP contribution >= 0.6 is 11.6 Å². The van der Waals surface area contributed by atoms with Gasteiger partial charge in [0.05, 0.1) is 29.3 Å². The molecule has 4 aromatic rings. The van der Waals surface area contributed by atoms with Crippen molar-refractivity contribution in [2.24, 2.45) is 0 Å². The summed E-state index contributed by atoms with van der Waals surface area (Å²) in [5.41, 5.74) is 1.29. The number of aromatic nitrogens is 1. The third kappa shape index (κ3) is 4.33. The number of nitrogens with one attached hydrogen (secondary N) is 1. The van der Waals surface area contributed by atoms with Crippen molar-refractivity contribution in [1.82, 2.24) is 4.98 Å². The molecule has 2 aromatic carbocycles. The molecule has 1 aliphatic rings. The number of carbonyl (C=O) groups excluding carboxylic acids is 1. The van der Waals surface area contributed by atoms with Crippen LogP contribution in [0.5, 0.6) is 0 Å². The number of amides is 1. The summed E-state index contributed by atoms with van der Waals surface area (Å²) in [5.74, 6) is 0.645. The van der Waals surface area contributed by atoms with Gasteiger partial charge in [-0.2, -0.15) is 0 Å². The second-order valence-corrected chi connectivity index (χ2v) is 7.98. The first-order valence-corrected chi connectivity index (χ1v) is 10.9. The predicted octanol–water partition coefficient (Wildman–Crippen LogP) is 4.60. The molecule has 0 bridgehead atoms. The van der Waals surface area contributed by atoms with E-state index in [0.717, 1.165) is 18.9 Å². The Bertz CT molecular complexity index is 1400. The maximum atomic E-state index is 13.0. The lowest BCUT2D eigenvalue weighted by molar-refractivity contribution is 0.102. The molecule has 0 atom stereocenters. The highest BCUT2D eigenvalue weighted by Gasteiger charge is 2.17. The first kappa shape index (κ1) is 21.2. The molecule has 3 heterocycles. The predicted molar refractivity (Wildman–Crippen MR) is 128 cm³/mol. The summed E-state index contributed by atoms with van der Waals surface area (Å²) in [6, 6.07) is 18.9. The number of hydrogen-bond acceptors (Lipinski definition) is 6. The normalized spacial score (nSPS) is 13.8. The van der Waals surface area contributed by atoms with E-state index in [-0.39, 0.29) is 16.7 Å². The molecular formula is C25H20ClN3O4. The van der Waals surface area contributed by atoms with Crippen LogP contribution in [0.1, 0.15) is 10.5 Å². The van der Waals surface area contributed by atoms with Gasteiger partial charge in [0.25, 0.3) is 5.91 Å². The summed E-state index contributed by atoms with van der Waals surface area (Å²) in [6.07, 6.45) is 0. The minimum absolute atomic E-state index is 0.227. The summed E-state index contributed by atoms with van der Waals surface area (Å²) in [5, 5.41) is 3.67. The number of ether oxygens (including phenoxy) is 1. The number of para-hydroxylation sites is 1. The Morgan fingerprint density at radius 2 is 1.79 bits per heavy atom. The van der Waals surface area contributed by atoms with Gasteiger partial charge >= 0.3 is 0 Å². The van der Waals surface area contributed by atoms with Crippen molar-refractivity contribution in [2.45, 2.75) is 0 Å². The SMILES string of the molecule is O=C(Nc1cccc2c(=O)cc(-c3ccccc3Cl)oc12)c1cccc(N2CCOCC2)n1. The smallest absolute Gasteiger partial charge is 0.274 e. The zero-order chi connectivity index (χ0) is 22.8. The highest BCUT2D eigenvalue weighted by molar-refractivity contribution is 6.33.